The molecule has 10 nitrogen and oxygen atoms in total. The van der Waals surface area contributed by atoms with Crippen LogP contribution in [0.4, 0.5) is 5.95 Å². The zero-order valence-corrected chi connectivity index (χ0v) is 22.9. The molecule has 4 rings (SSSR count). The van der Waals surface area contributed by atoms with Gasteiger partial charge in [0.2, 0.25) is 5.95 Å². The summed E-state index contributed by atoms with van der Waals surface area (Å²) in [5.74, 6) is 3.57. The summed E-state index contributed by atoms with van der Waals surface area (Å²) >= 11 is 0. The van der Waals surface area contributed by atoms with Crippen molar-refractivity contribution < 1.29 is 14.2 Å². The van der Waals surface area contributed by atoms with Gasteiger partial charge in [0.1, 0.15) is 35.3 Å². The number of hydrogen-bond donors (Lipinski definition) is 1. The predicted octanol–water partition coefficient (Wildman–Crippen LogP) is 5.06. The number of amidine groups is 1. The molecule has 0 saturated carbocycles. The number of fused-ring (bicyclic) bond motifs is 1. The maximum absolute atomic E-state index is 5.92. The Kier molecular flexibility index (Phi) is 8.55. The van der Waals surface area contributed by atoms with Crippen LogP contribution in [0.25, 0.3) is 16.7 Å². The number of methoxy groups -OCH3 is 2. The lowest BCUT2D eigenvalue weighted by molar-refractivity contribution is 0.286. The normalized spacial score (nSPS) is 12.0. The number of anilines is 1. The third kappa shape index (κ3) is 6.59. The van der Waals surface area contributed by atoms with E-state index < -0.39 is 0 Å². The molecule has 2 aromatic carbocycles. The Bertz CT molecular complexity index is 1560. The maximum atomic E-state index is 5.92. The minimum atomic E-state index is 0.144. The van der Waals surface area contributed by atoms with Crippen molar-refractivity contribution in [2.75, 3.05) is 20.0 Å². The topological polar surface area (TPSA) is 122 Å². The highest BCUT2D eigenvalue weighted by atomic mass is 16.5. The number of aliphatic imine (C=N–C) groups is 2. The Morgan fingerprint density at radius 2 is 1.79 bits per heavy atom. The summed E-state index contributed by atoms with van der Waals surface area (Å²) in [5, 5.41) is 5.28. The molecule has 0 aliphatic rings. The van der Waals surface area contributed by atoms with E-state index in [1.807, 2.05) is 42.5 Å². The summed E-state index contributed by atoms with van der Waals surface area (Å²) in [5.41, 5.74) is 9.63. The van der Waals surface area contributed by atoms with Crippen molar-refractivity contribution in [2.45, 2.75) is 40.2 Å². The number of hydrogen-bond acceptors (Lipinski definition) is 8. The maximum Gasteiger partial charge on any atom is 0.240 e. The quantitative estimate of drug-likeness (QED) is 0.238. The molecule has 10 heteroatoms. The van der Waals surface area contributed by atoms with Gasteiger partial charge >= 0.3 is 0 Å². The number of aromatic nitrogens is 4. The van der Waals surface area contributed by atoms with Gasteiger partial charge < -0.3 is 19.9 Å². The standard InChI is InChI=1S/C29H33N7O3/c1-7-22-15-21(11-14-25(22)37-5)16-27-34-29(30)35-36(27)19(3)31-18(2)32-20(4)39-17-24-13-12-23-9-8-10-26(38-6)28(23)33-24/h8-15H,3,7,16-17H2,1-2,4-6H3,(H2,30,35)/b31-18-,32-20?. The van der Waals surface area contributed by atoms with Crippen LogP contribution in [0.15, 0.2) is 65.1 Å². The number of rotatable bonds is 9. The fraction of sp³-hybridized carbons (Fsp3) is 0.276. The molecule has 2 aromatic heterocycles. The molecule has 0 saturated heterocycles. The van der Waals surface area contributed by atoms with E-state index in [9.17, 15) is 0 Å². The van der Waals surface area contributed by atoms with Gasteiger partial charge in [-0.25, -0.2) is 15.0 Å². The van der Waals surface area contributed by atoms with Gasteiger partial charge in [0.05, 0.1) is 19.9 Å². The van der Waals surface area contributed by atoms with Crippen LogP contribution < -0.4 is 15.2 Å². The number of aryl methyl sites for hydroxylation is 1. The molecule has 0 aliphatic heterocycles. The number of nitrogens with zero attached hydrogens (tertiary/aromatic N) is 6. The summed E-state index contributed by atoms with van der Waals surface area (Å²) in [6.45, 7) is 9.91. The average molecular weight is 528 g/mol. The summed E-state index contributed by atoms with van der Waals surface area (Å²) in [7, 11) is 3.30. The fourth-order valence-electron chi connectivity index (χ4n) is 4.19. The Balaban J connectivity index is 1.45. The van der Waals surface area contributed by atoms with Gasteiger partial charge in [0.25, 0.3) is 0 Å². The predicted molar refractivity (Wildman–Crippen MR) is 154 cm³/mol. The number of pyridine rings is 1. The summed E-state index contributed by atoms with van der Waals surface area (Å²) in [4.78, 5) is 18.0. The van der Waals surface area contributed by atoms with Crippen molar-refractivity contribution in [1.29, 1.82) is 0 Å². The van der Waals surface area contributed by atoms with Gasteiger partial charge in [-0.2, -0.15) is 9.67 Å². The first-order chi connectivity index (χ1) is 18.8. The van der Waals surface area contributed by atoms with E-state index in [1.54, 1.807) is 28.1 Å². The Morgan fingerprint density at radius 3 is 2.54 bits per heavy atom. The second kappa shape index (κ2) is 12.2. The SMILES string of the molecule is C=C(/N=C(/C)N=C(C)OCc1ccc2cccc(OC)c2n1)n1nc(N)nc1Cc1ccc(OC)c(CC)c1. The highest BCUT2D eigenvalue weighted by molar-refractivity contribution is 5.94. The van der Waals surface area contributed by atoms with E-state index in [1.165, 1.54) is 4.68 Å². The third-order valence-corrected chi connectivity index (χ3v) is 6.02. The monoisotopic (exact) mass is 527 g/mol. The first kappa shape index (κ1) is 27.3. The smallest absolute Gasteiger partial charge is 0.240 e. The lowest BCUT2D eigenvalue weighted by atomic mass is 10.0. The average Bonchev–Trinajstić information content (AvgIpc) is 3.30. The molecule has 0 spiro atoms. The number of ether oxygens (including phenoxy) is 3. The van der Waals surface area contributed by atoms with Crippen LogP contribution >= 0.6 is 0 Å². The van der Waals surface area contributed by atoms with Crippen LogP contribution in [0.3, 0.4) is 0 Å². The highest BCUT2D eigenvalue weighted by Crippen LogP contribution is 2.24. The first-order valence-electron chi connectivity index (χ1n) is 12.5. The van der Waals surface area contributed by atoms with E-state index in [4.69, 9.17) is 19.9 Å². The number of benzene rings is 2. The Hall–Kier alpha value is -4.73. The summed E-state index contributed by atoms with van der Waals surface area (Å²) in [6.07, 6.45) is 1.36. The molecule has 0 bridgehead atoms. The fourth-order valence-corrected chi connectivity index (χ4v) is 4.19. The van der Waals surface area contributed by atoms with E-state index >= 15 is 0 Å². The number of nitrogens with two attached hydrogens (primary N) is 1. The molecule has 39 heavy (non-hydrogen) atoms. The molecule has 0 unspecified atom stereocenters. The van der Waals surface area contributed by atoms with E-state index in [0.29, 0.717) is 35.5 Å². The van der Waals surface area contributed by atoms with Crippen molar-refractivity contribution >= 4 is 34.4 Å². The Labute approximate surface area is 227 Å². The van der Waals surface area contributed by atoms with Crippen molar-refractivity contribution in [1.82, 2.24) is 19.7 Å². The van der Waals surface area contributed by atoms with Crippen LogP contribution in [0.2, 0.25) is 0 Å². The molecule has 4 aromatic rings. The van der Waals surface area contributed by atoms with Crippen LogP contribution in [0.5, 0.6) is 11.5 Å². The van der Waals surface area contributed by atoms with Gasteiger partial charge in [-0.15, -0.1) is 5.10 Å². The Morgan fingerprint density at radius 1 is 1.00 bits per heavy atom. The number of nitrogen functional groups attached to an aromatic ring is 1. The van der Waals surface area contributed by atoms with Gasteiger partial charge in [-0.05, 0) is 42.7 Å². The van der Waals surface area contributed by atoms with Gasteiger partial charge in [-0.1, -0.05) is 43.8 Å². The molecule has 0 aliphatic carbocycles. The first-order valence-corrected chi connectivity index (χ1v) is 12.5. The van der Waals surface area contributed by atoms with Crippen LogP contribution in [-0.2, 0) is 24.2 Å². The molecular formula is C29H33N7O3. The molecule has 2 heterocycles. The van der Waals surface area contributed by atoms with E-state index in [0.717, 1.165) is 39.9 Å². The summed E-state index contributed by atoms with van der Waals surface area (Å²) < 4.78 is 18.2. The van der Waals surface area contributed by atoms with Crippen molar-refractivity contribution in [3.8, 4) is 11.5 Å². The van der Waals surface area contributed by atoms with Crippen molar-refractivity contribution in [3.63, 3.8) is 0 Å². The lowest BCUT2D eigenvalue weighted by Crippen LogP contribution is -2.07. The second-order valence-corrected chi connectivity index (χ2v) is 8.80. The van der Waals surface area contributed by atoms with Crippen molar-refractivity contribution in [3.05, 3.63) is 77.8 Å². The number of para-hydroxylation sites is 1. The van der Waals surface area contributed by atoms with Crippen LogP contribution in [0.1, 0.15) is 43.4 Å². The highest BCUT2D eigenvalue weighted by Gasteiger charge is 2.13. The minimum absolute atomic E-state index is 0.144. The largest absolute Gasteiger partial charge is 0.496 e. The van der Waals surface area contributed by atoms with Gasteiger partial charge in [-0.3, -0.25) is 0 Å². The second-order valence-electron chi connectivity index (χ2n) is 8.80. The molecule has 0 radical (unpaired) electrons. The van der Waals surface area contributed by atoms with Crippen LogP contribution in [-0.4, -0.2) is 45.7 Å². The summed E-state index contributed by atoms with van der Waals surface area (Å²) in [6, 6.07) is 15.8. The molecule has 2 N–H and O–H groups in total. The van der Waals surface area contributed by atoms with Crippen LogP contribution in [0, 0.1) is 0 Å². The van der Waals surface area contributed by atoms with Gasteiger partial charge in [0.15, 0.2) is 11.7 Å². The molecule has 0 atom stereocenters. The molecule has 202 valence electrons. The van der Waals surface area contributed by atoms with Crippen molar-refractivity contribution in [2.24, 2.45) is 9.98 Å². The molecular weight excluding hydrogens is 494 g/mol. The molecule has 0 amide bonds. The zero-order chi connectivity index (χ0) is 27.9. The van der Waals surface area contributed by atoms with E-state index in [-0.39, 0.29) is 12.6 Å². The van der Waals surface area contributed by atoms with E-state index in [2.05, 4.69) is 44.6 Å². The lowest BCUT2D eigenvalue weighted by Gasteiger charge is -2.10. The van der Waals surface area contributed by atoms with Gasteiger partial charge in [0, 0.05) is 18.7 Å². The third-order valence-electron chi connectivity index (χ3n) is 6.02. The molecule has 0 fully saturated rings. The minimum Gasteiger partial charge on any atom is -0.496 e. The zero-order valence-electron chi connectivity index (χ0n) is 22.9.